The molecule has 1 aliphatic carbocycles. The third kappa shape index (κ3) is 4.87. The summed E-state index contributed by atoms with van der Waals surface area (Å²) in [6.45, 7) is 7.65. The molecule has 5 heteroatoms. The monoisotopic (exact) mass is 280 g/mol. The van der Waals surface area contributed by atoms with E-state index in [0.29, 0.717) is 17.9 Å². The normalized spacial score (nSPS) is 17.1. The predicted molar refractivity (Wildman–Crippen MR) is 83.8 cm³/mol. The number of carbonyl (C=O) groups is 1. The molecule has 0 radical (unpaired) electrons. The van der Waals surface area contributed by atoms with Crippen LogP contribution >= 0.6 is 0 Å². The fourth-order valence-corrected chi connectivity index (χ4v) is 2.23. The van der Waals surface area contributed by atoms with Gasteiger partial charge in [0.2, 0.25) is 5.91 Å². The van der Waals surface area contributed by atoms with Gasteiger partial charge in [0, 0.05) is 27.2 Å². The maximum absolute atomic E-state index is 11.6. The molecule has 0 aromatic heterocycles. The van der Waals surface area contributed by atoms with Gasteiger partial charge in [-0.3, -0.25) is 4.79 Å². The molecule has 0 saturated heterocycles. The van der Waals surface area contributed by atoms with Gasteiger partial charge in [-0.1, -0.05) is 19.4 Å². The Hall–Kier alpha value is -1.52. The van der Waals surface area contributed by atoms with E-state index in [0.717, 1.165) is 6.54 Å². The molecule has 0 aromatic carbocycles. The summed E-state index contributed by atoms with van der Waals surface area (Å²) < 4.78 is 0. The van der Waals surface area contributed by atoms with Crippen LogP contribution in [0.4, 0.5) is 0 Å². The van der Waals surface area contributed by atoms with Gasteiger partial charge in [0.1, 0.15) is 6.54 Å². The molecule has 0 aromatic rings. The van der Waals surface area contributed by atoms with E-state index in [2.05, 4.69) is 29.1 Å². The minimum Gasteiger partial charge on any atom is -0.356 e. The van der Waals surface area contributed by atoms with Crippen LogP contribution in [0.1, 0.15) is 32.6 Å². The zero-order valence-electron chi connectivity index (χ0n) is 13.0. The van der Waals surface area contributed by atoms with Crippen LogP contribution in [0.5, 0.6) is 0 Å². The Labute approximate surface area is 122 Å². The molecule has 0 heterocycles. The smallest absolute Gasteiger partial charge is 0.243 e. The zero-order chi connectivity index (χ0) is 15.0. The van der Waals surface area contributed by atoms with Crippen LogP contribution in [0.3, 0.4) is 0 Å². The molecule has 1 amide bonds. The molecule has 0 aliphatic heterocycles. The van der Waals surface area contributed by atoms with Crippen LogP contribution in [0.2, 0.25) is 0 Å². The third-order valence-corrected chi connectivity index (χ3v) is 4.08. The highest BCUT2D eigenvalue weighted by molar-refractivity contribution is 5.84. The number of likely N-dealkylation sites (N-methyl/N-ethyl adjacent to an activating group) is 1. The summed E-state index contributed by atoms with van der Waals surface area (Å²) in [6, 6.07) is 0. The largest absolute Gasteiger partial charge is 0.356 e. The lowest BCUT2D eigenvalue weighted by Gasteiger charge is -2.41. The zero-order valence-corrected chi connectivity index (χ0v) is 13.0. The van der Waals surface area contributed by atoms with Crippen molar-refractivity contribution in [2.45, 2.75) is 32.6 Å². The molecule has 20 heavy (non-hydrogen) atoms. The summed E-state index contributed by atoms with van der Waals surface area (Å²) in [4.78, 5) is 17.5. The molecule has 1 aliphatic rings. The second-order valence-corrected chi connectivity index (χ2v) is 5.68. The van der Waals surface area contributed by atoms with Gasteiger partial charge < -0.3 is 15.5 Å². The van der Waals surface area contributed by atoms with Crippen LogP contribution in [0.25, 0.3) is 0 Å². The van der Waals surface area contributed by atoms with Crippen LogP contribution in [0.15, 0.2) is 17.6 Å². The van der Waals surface area contributed by atoms with Crippen LogP contribution in [-0.2, 0) is 4.79 Å². The molecular weight excluding hydrogens is 252 g/mol. The van der Waals surface area contributed by atoms with Crippen LogP contribution in [0, 0.1) is 5.41 Å². The Kier molecular flexibility index (Phi) is 6.55. The number of hydrogen-bond acceptors (Lipinski definition) is 2. The average Bonchev–Trinajstić information content (AvgIpc) is 2.39. The average molecular weight is 280 g/mol. The Morgan fingerprint density at radius 1 is 1.40 bits per heavy atom. The topological polar surface area (TPSA) is 56.7 Å². The lowest BCUT2D eigenvalue weighted by atomic mass is 9.67. The Bertz CT molecular complexity index is 353. The second kappa shape index (κ2) is 7.92. The van der Waals surface area contributed by atoms with E-state index >= 15 is 0 Å². The molecule has 0 spiro atoms. The number of nitrogens with zero attached hydrogens (tertiary/aromatic N) is 2. The number of amides is 1. The maximum Gasteiger partial charge on any atom is 0.243 e. The number of carbonyl (C=O) groups excluding carboxylic acids is 1. The van der Waals surface area contributed by atoms with E-state index in [1.165, 1.54) is 25.7 Å². The van der Waals surface area contributed by atoms with Gasteiger partial charge in [0.25, 0.3) is 0 Å². The molecule has 1 fully saturated rings. The van der Waals surface area contributed by atoms with Crippen molar-refractivity contribution in [2.75, 3.05) is 33.7 Å². The number of hydrogen-bond donors (Lipinski definition) is 2. The van der Waals surface area contributed by atoms with Gasteiger partial charge in [-0.15, -0.1) is 6.58 Å². The number of guanidine groups is 1. The predicted octanol–water partition coefficient (Wildman–Crippen LogP) is 1.38. The molecule has 2 N–H and O–H groups in total. The second-order valence-electron chi connectivity index (χ2n) is 5.68. The van der Waals surface area contributed by atoms with Crippen molar-refractivity contribution in [3.8, 4) is 0 Å². The van der Waals surface area contributed by atoms with Crippen molar-refractivity contribution in [3.05, 3.63) is 12.7 Å². The lowest BCUT2D eigenvalue weighted by molar-refractivity contribution is -0.127. The first-order chi connectivity index (χ1) is 9.53. The lowest BCUT2D eigenvalue weighted by Crippen LogP contribution is -2.46. The number of rotatable bonds is 7. The highest BCUT2D eigenvalue weighted by Crippen LogP contribution is 2.42. The molecular formula is C15H28N4O. The minimum atomic E-state index is -0.00134. The van der Waals surface area contributed by atoms with Crippen molar-refractivity contribution in [3.63, 3.8) is 0 Å². The van der Waals surface area contributed by atoms with Gasteiger partial charge >= 0.3 is 0 Å². The van der Waals surface area contributed by atoms with Gasteiger partial charge in [-0.2, -0.15) is 0 Å². The van der Waals surface area contributed by atoms with Crippen molar-refractivity contribution in [2.24, 2.45) is 10.4 Å². The first-order valence-electron chi connectivity index (χ1n) is 7.36. The van der Waals surface area contributed by atoms with Gasteiger partial charge in [-0.05, 0) is 24.7 Å². The van der Waals surface area contributed by atoms with Crippen molar-refractivity contribution < 1.29 is 4.79 Å². The van der Waals surface area contributed by atoms with Crippen molar-refractivity contribution in [1.29, 1.82) is 0 Å². The summed E-state index contributed by atoms with van der Waals surface area (Å²) >= 11 is 0. The molecule has 0 atom stereocenters. The SMILES string of the molecule is C=CCNC(=NCC(=O)N(C)C)NCC1(CC)CCC1. The fourth-order valence-electron chi connectivity index (χ4n) is 2.23. The van der Waals surface area contributed by atoms with Crippen molar-refractivity contribution in [1.82, 2.24) is 15.5 Å². The van der Waals surface area contributed by atoms with Gasteiger partial charge in [0.15, 0.2) is 5.96 Å². The quantitative estimate of drug-likeness (QED) is 0.421. The van der Waals surface area contributed by atoms with E-state index in [-0.39, 0.29) is 12.5 Å². The summed E-state index contributed by atoms with van der Waals surface area (Å²) in [5, 5.41) is 6.52. The number of aliphatic imine (C=N–C) groups is 1. The Morgan fingerprint density at radius 2 is 2.10 bits per heavy atom. The van der Waals surface area contributed by atoms with Gasteiger partial charge in [-0.25, -0.2) is 4.99 Å². The Morgan fingerprint density at radius 3 is 2.55 bits per heavy atom. The molecule has 0 bridgehead atoms. The molecule has 114 valence electrons. The summed E-state index contributed by atoms with van der Waals surface area (Å²) in [5.74, 6) is 0.693. The fraction of sp³-hybridized carbons (Fsp3) is 0.733. The van der Waals surface area contributed by atoms with Gasteiger partial charge in [0.05, 0.1) is 0 Å². The first kappa shape index (κ1) is 16.5. The van der Waals surface area contributed by atoms with Crippen molar-refractivity contribution >= 4 is 11.9 Å². The van der Waals surface area contributed by atoms with E-state index in [1.807, 2.05) is 0 Å². The maximum atomic E-state index is 11.6. The third-order valence-electron chi connectivity index (χ3n) is 4.08. The standard InChI is InChI=1S/C15H28N4O/c1-5-10-16-14(17-11-13(20)19(3)4)18-12-15(6-2)8-7-9-15/h5H,1,6-12H2,2-4H3,(H2,16,17,18). The highest BCUT2D eigenvalue weighted by atomic mass is 16.2. The highest BCUT2D eigenvalue weighted by Gasteiger charge is 2.34. The first-order valence-corrected chi connectivity index (χ1v) is 7.36. The van der Waals surface area contributed by atoms with Crippen LogP contribution in [-0.4, -0.2) is 50.5 Å². The van der Waals surface area contributed by atoms with E-state index < -0.39 is 0 Å². The molecule has 1 rings (SSSR count). The number of nitrogens with one attached hydrogen (secondary N) is 2. The molecule has 5 nitrogen and oxygen atoms in total. The summed E-state index contributed by atoms with van der Waals surface area (Å²) in [5.41, 5.74) is 0.419. The van der Waals surface area contributed by atoms with E-state index in [9.17, 15) is 4.79 Å². The van der Waals surface area contributed by atoms with E-state index in [1.54, 1.807) is 25.1 Å². The molecule has 1 saturated carbocycles. The Balaban J connectivity index is 2.52. The minimum absolute atomic E-state index is 0.00134. The summed E-state index contributed by atoms with van der Waals surface area (Å²) in [7, 11) is 3.48. The summed E-state index contributed by atoms with van der Waals surface area (Å²) in [6.07, 6.45) is 6.85. The molecule has 0 unspecified atom stereocenters. The van der Waals surface area contributed by atoms with Crippen LogP contribution < -0.4 is 10.6 Å². The van der Waals surface area contributed by atoms with E-state index in [4.69, 9.17) is 0 Å².